The molecule has 0 aromatic heterocycles. The summed E-state index contributed by atoms with van der Waals surface area (Å²) in [6.45, 7) is 5.17. The van der Waals surface area contributed by atoms with E-state index >= 15 is 0 Å². The van der Waals surface area contributed by atoms with E-state index in [-0.39, 0.29) is 5.97 Å². The molecule has 1 N–H and O–H groups in total. The summed E-state index contributed by atoms with van der Waals surface area (Å²) in [7, 11) is 0. The molecule has 0 saturated heterocycles. The van der Waals surface area contributed by atoms with Gasteiger partial charge in [-0.2, -0.15) is 0 Å². The van der Waals surface area contributed by atoms with Gasteiger partial charge in [0.05, 0.1) is 12.2 Å². The Bertz CT molecular complexity index is 611. The third kappa shape index (κ3) is 4.24. The van der Waals surface area contributed by atoms with E-state index < -0.39 is 5.97 Å². The van der Waals surface area contributed by atoms with Crippen molar-refractivity contribution in [3.63, 3.8) is 0 Å². The van der Waals surface area contributed by atoms with Crippen molar-refractivity contribution >= 4 is 22.7 Å². The van der Waals surface area contributed by atoms with E-state index in [2.05, 4.69) is 6.58 Å². The van der Waals surface area contributed by atoms with E-state index in [1.54, 1.807) is 6.07 Å². The van der Waals surface area contributed by atoms with Gasteiger partial charge in [-0.25, -0.2) is 9.59 Å². The first-order chi connectivity index (χ1) is 9.60. The second-order valence-electron chi connectivity index (χ2n) is 3.79. The van der Waals surface area contributed by atoms with E-state index in [1.807, 2.05) is 43.3 Å². The number of hydrogen-bond donors (Lipinski definition) is 1. The smallest absolute Gasteiger partial charge is 0.338 e. The van der Waals surface area contributed by atoms with Crippen LogP contribution in [0.15, 0.2) is 55.1 Å². The third-order valence-corrected chi connectivity index (χ3v) is 2.46. The van der Waals surface area contributed by atoms with Gasteiger partial charge in [-0.15, -0.1) is 0 Å². The van der Waals surface area contributed by atoms with Crippen LogP contribution in [-0.4, -0.2) is 23.7 Å². The van der Waals surface area contributed by atoms with Gasteiger partial charge in [-0.3, -0.25) is 0 Å². The molecule has 0 aliphatic rings. The number of ether oxygens (including phenoxy) is 1. The van der Waals surface area contributed by atoms with E-state index in [0.29, 0.717) is 12.2 Å². The molecule has 0 bridgehead atoms. The zero-order valence-corrected chi connectivity index (χ0v) is 11.2. The highest BCUT2D eigenvalue weighted by molar-refractivity contribution is 6.04. The molecule has 0 saturated carbocycles. The highest BCUT2D eigenvalue weighted by atomic mass is 16.5. The lowest BCUT2D eigenvalue weighted by Crippen LogP contribution is -2.04. The van der Waals surface area contributed by atoms with Crippen LogP contribution in [-0.2, 0) is 9.53 Å². The van der Waals surface area contributed by atoms with Crippen molar-refractivity contribution in [3.05, 3.63) is 60.7 Å². The fraction of sp³-hybridized carbons (Fsp3) is 0.125. The van der Waals surface area contributed by atoms with Crippen LogP contribution in [0.5, 0.6) is 0 Å². The second-order valence-corrected chi connectivity index (χ2v) is 3.79. The van der Waals surface area contributed by atoms with Crippen molar-refractivity contribution in [2.75, 3.05) is 6.61 Å². The van der Waals surface area contributed by atoms with Crippen LogP contribution in [0.3, 0.4) is 0 Å². The van der Waals surface area contributed by atoms with Gasteiger partial charge in [0.2, 0.25) is 0 Å². The average Bonchev–Trinajstić information content (AvgIpc) is 2.47. The summed E-state index contributed by atoms with van der Waals surface area (Å²) in [6, 6.07) is 13.4. The highest BCUT2D eigenvalue weighted by Gasteiger charge is 2.09. The van der Waals surface area contributed by atoms with Crippen LogP contribution in [0.2, 0.25) is 0 Å². The maximum absolute atomic E-state index is 11.6. The highest BCUT2D eigenvalue weighted by Crippen LogP contribution is 2.18. The number of benzene rings is 2. The predicted octanol–water partition coefficient (Wildman–Crippen LogP) is 3.27. The number of carboxylic acid groups (broad SMARTS) is 1. The van der Waals surface area contributed by atoms with Gasteiger partial charge < -0.3 is 9.84 Å². The lowest BCUT2D eigenvalue weighted by Gasteiger charge is -2.05. The maximum Gasteiger partial charge on any atom is 0.338 e. The second kappa shape index (κ2) is 7.74. The minimum atomic E-state index is -0.981. The number of rotatable bonds is 3. The Labute approximate surface area is 117 Å². The van der Waals surface area contributed by atoms with Gasteiger partial charge in [0.25, 0.3) is 0 Å². The summed E-state index contributed by atoms with van der Waals surface area (Å²) in [4.78, 5) is 20.9. The quantitative estimate of drug-likeness (QED) is 0.688. The zero-order valence-electron chi connectivity index (χ0n) is 11.2. The first-order valence-electron chi connectivity index (χ1n) is 6.10. The molecule has 2 aromatic carbocycles. The monoisotopic (exact) mass is 272 g/mol. The summed E-state index contributed by atoms with van der Waals surface area (Å²) in [6.07, 6.45) is 0.833. The van der Waals surface area contributed by atoms with Crippen LogP contribution in [0.4, 0.5) is 0 Å². The van der Waals surface area contributed by atoms with Crippen LogP contribution >= 0.6 is 0 Å². The number of aliphatic carboxylic acids is 1. The van der Waals surface area contributed by atoms with Crippen LogP contribution < -0.4 is 0 Å². The van der Waals surface area contributed by atoms with Crippen molar-refractivity contribution < 1.29 is 19.4 Å². The standard InChI is InChI=1S/C13H12O2.C3H4O2/c1-2-15-13(14)12-9-5-7-10-6-3-4-8-11(10)12;1-2-3(4)5/h3-9H,2H2,1H3;2H,1H2,(H,4,5). The molecule has 0 amide bonds. The van der Waals surface area contributed by atoms with Crippen molar-refractivity contribution in [1.29, 1.82) is 0 Å². The molecule has 4 nitrogen and oxygen atoms in total. The SMILES string of the molecule is C=CC(=O)O.CCOC(=O)c1cccc2ccccc12. The van der Waals surface area contributed by atoms with Crippen LogP contribution in [0.25, 0.3) is 10.8 Å². The molecule has 0 atom stereocenters. The zero-order chi connectivity index (χ0) is 15.0. The average molecular weight is 272 g/mol. The number of hydrogen-bond acceptors (Lipinski definition) is 3. The molecular weight excluding hydrogens is 256 g/mol. The van der Waals surface area contributed by atoms with Gasteiger partial charge in [0.15, 0.2) is 0 Å². The number of carboxylic acids is 1. The van der Waals surface area contributed by atoms with E-state index in [9.17, 15) is 9.59 Å². The van der Waals surface area contributed by atoms with Gasteiger partial charge in [0.1, 0.15) is 0 Å². The molecule has 0 unspecified atom stereocenters. The molecule has 0 fully saturated rings. The van der Waals surface area contributed by atoms with Gasteiger partial charge >= 0.3 is 11.9 Å². The fourth-order valence-corrected chi connectivity index (χ4v) is 1.61. The minimum Gasteiger partial charge on any atom is -0.478 e. The van der Waals surface area contributed by atoms with Crippen molar-refractivity contribution in [2.24, 2.45) is 0 Å². The van der Waals surface area contributed by atoms with E-state index in [4.69, 9.17) is 9.84 Å². The Morgan fingerprint density at radius 1 is 1.20 bits per heavy atom. The largest absolute Gasteiger partial charge is 0.478 e. The number of esters is 1. The Kier molecular flexibility index (Phi) is 5.97. The molecule has 4 heteroatoms. The maximum atomic E-state index is 11.6. The fourth-order valence-electron chi connectivity index (χ4n) is 1.61. The summed E-state index contributed by atoms with van der Waals surface area (Å²) in [5.41, 5.74) is 0.634. The predicted molar refractivity (Wildman–Crippen MR) is 77.7 cm³/mol. The van der Waals surface area contributed by atoms with E-state index in [0.717, 1.165) is 16.8 Å². The normalized spacial score (nSPS) is 9.25. The molecule has 0 spiro atoms. The first-order valence-corrected chi connectivity index (χ1v) is 6.10. The molecule has 0 aliphatic carbocycles. The molecule has 20 heavy (non-hydrogen) atoms. The summed E-state index contributed by atoms with van der Waals surface area (Å²) in [5, 5.41) is 9.61. The third-order valence-electron chi connectivity index (χ3n) is 2.46. The molecule has 0 aliphatic heterocycles. The molecular formula is C16H16O4. The van der Waals surface area contributed by atoms with E-state index in [1.165, 1.54) is 0 Å². The minimum absolute atomic E-state index is 0.255. The van der Waals surface area contributed by atoms with Gasteiger partial charge in [-0.05, 0) is 23.8 Å². The van der Waals surface area contributed by atoms with Gasteiger partial charge in [0, 0.05) is 6.08 Å². The summed E-state index contributed by atoms with van der Waals surface area (Å²) >= 11 is 0. The van der Waals surface area contributed by atoms with Gasteiger partial charge in [-0.1, -0.05) is 43.0 Å². The Morgan fingerprint density at radius 2 is 1.80 bits per heavy atom. The lowest BCUT2D eigenvalue weighted by atomic mass is 10.1. The van der Waals surface area contributed by atoms with Crippen LogP contribution in [0, 0.1) is 0 Å². The molecule has 2 rings (SSSR count). The first kappa shape index (κ1) is 15.4. The Hall–Kier alpha value is -2.62. The Morgan fingerprint density at radius 3 is 2.40 bits per heavy atom. The van der Waals surface area contributed by atoms with Crippen molar-refractivity contribution in [3.8, 4) is 0 Å². The molecule has 104 valence electrons. The van der Waals surface area contributed by atoms with Crippen LogP contribution in [0.1, 0.15) is 17.3 Å². The van der Waals surface area contributed by atoms with Crippen molar-refractivity contribution in [1.82, 2.24) is 0 Å². The van der Waals surface area contributed by atoms with Crippen molar-refractivity contribution in [2.45, 2.75) is 6.92 Å². The molecule has 0 heterocycles. The summed E-state index contributed by atoms with van der Waals surface area (Å²) < 4.78 is 5.00. The topological polar surface area (TPSA) is 63.6 Å². The summed E-state index contributed by atoms with van der Waals surface area (Å²) in [5.74, 6) is -1.24. The number of carbonyl (C=O) groups excluding carboxylic acids is 1. The molecule has 0 radical (unpaired) electrons. The lowest BCUT2D eigenvalue weighted by molar-refractivity contribution is -0.131. The number of carbonyl (C=O) groups is 2. The Balaban J connectivity index is 0.000000347. The molecule has 2 aromatic rings. The number of fused-ring (bicyclic) bond motifs is 1.